The highest BCUT2D eigenvalue weighted by Crippen LogP contribution is 2.38. The minimum Gasteiger partial charge on any atom is -0.380 e. The van der Waals surface area contributed by atoms with Crippen LogP contribution in [-0.2, 0) is 19.4 Å². The lowest BCUT2D eigenvalue weighted by molar-refractivity contribution is 0.312. The molecule has 0 saturated heterocycles. The maximum Gasteiger partial charge on any atom is 0.0991 e. The van der Waals surface area contributed by atoms with E-state index in [0.717, 1.165) is 47.3 Å². The topological polar surface area (TPSA) is 88.3 Å². The molecule has 146 valence electrons. The van der Waals surface area contributed by atoms with Crippen LogP contribution in [0, 0.1) is 22.2 Å². The predicted molar refractivity (Wildman–Crippen MR) is 116 cm³/mol. The Balaban J connectivity index is 1.57. The SMILES string of the molecule is CC1(C)CCc2c(-c3ccc(NCc4cccc(C#N)c4)c(C=N)c3)n[nH]c2C1. The minimum absolute atomic E-state index is 0.313. The zero-order valence-corrected chi connectivity index (χ0v) is 16.8. The fourth-order valence-corrected chi connectivity index (χ4v) is 4.02. The molecule has 0 spiro atoms. The number of rotatable bonds is 5. The standard InChI is InChI=1S/C24H25N5/c1-24(2)9-8-20-22(12-24)28-29-23(20)18-6-7-21(19(11-18)14-26)27-15-17-5-3-4-16(10-17)13-25/h3-7,10-11,14,26-27H,8-9,12,15H2,1-2H3,(H,28,29). The molecule has 1 aliphatic rings. The number of nitrogens with zero attached hydrogens (tertiary/aromatic N) is 2. The summed E-state index contributed by atoms with van der Waals surface area (Å²) in [6.45, 7) is 5.20. The van der Waals surface area contributed by atoms with E-state index < -0.39 is 0 Å². The molecule has 2 aromatic carbocycles. The molecule has 0 aliphatic heterocycles. The third-order valence-corrected chi connectivity index (χ3v) is 5.68. The number of benzene rings is 2. The van der Waals surface area contributed by atoms with Crippen molar-refractivity contribution in [2.45, 2.75) is 39.7 Å². The summed E-state index contributed by atoms with van der Waals surface area (Å²) in [6, 6.07) is 15.8. The summed E-state index contributed by atoms with van der Waals surface area (Å²) in [7, 11) is 0. The van der Waals surface area contributed by atoms with Crippen LogP contribution in [0.4, 0.5) is 5.69 Å². The Morgan fingerprint density at radius 2 is 2.14 bits per heavy atom. The van der Waals surface area contributed by atoms with Crippen LogP contribution in [0.3, 0.4) is 0 Å². The van der Waals surface area contributed by atoms with Crippen LogP contribution >= 0.6 is 0 Å². The van der Waals surface area contributed by atoms with Crippen LogP contribution in [0.25, 0.3) is 11.3 Å². The quantitative estimate of drug-likeness (QED) is 0.537. The van der Waals surface area contributed by atoms with Crippen molar-refractivity contribution in [3.63, 3.8) is 0 Å². The molecule has 5 heteroatoms. The summed E-state index contributed by atoms with van der Waals surface area (Å²) < 4.78 is 0. The predicted octanol–water partition coefficient (Wildman–Crippen LogP) is 5.07. The number of H-pyrrole nitrogens is 1. The van der Waals surface area contributed by atoms with Crippen molar-refractivity contribution < 1.29 is 0 Å². The second-order valence-corrected chi connectivity index (χ2v) is 8.48. The second-order valence-electron chi connectivity index (χ2n) is 8.48. The zero-order valence-electron chi connectivity index (χ0n) is 16.8. The molecular weight excluding hydrogens is 358 g/mol. The Morgan fingerprint density at radius 3 is 2.93 bits per heavy atom. The van der Waals surface area contributed by atoms with E-state index in [-0.39, 0.29) is 0 Å². The highest BCUT2D eigenvalue weighted by molar-refractivity contribution is 5.88. The first kappa shape index (κ1) is 18.9. The maximum atomic E-state index is 9.05. The van der Waals surface area contributed by atoms with Crippen molar-refractivity contribution >= 4 is 11.9 Å². The largest absolute Gasteiger partial charge is 0.380 e. The summed E-state index contributed by atoms with van der Waals surface area (Å²) in [5, 5.41) is 28.1. The molecule has 1 heterocycles. The summed E-state index contributed by atoms with van der Waals surface area (Å²) in [5.74, 6) is 0. The Kier molecular flexibility index (Phi) is 4.94. The van der Waals surface area contributed by atoms with Gasteiger partial charge in [-0.3, -0.25) is 5.10 Å². The average Bonchev–Trinajstić information content (AvgIpc) is 3.14. The molecule has 3 aromatic rings. The van der Waals surface area contributed by atoms with E-state index in [1.54, 1.807) is 6.07 Å². The summed E-state index contributed by atoms with van der Waals surface area (Å²) in [5.41, 5.74) is 8.33. The third-order valence-electron chi connectivity index (χ3n) is 5.68. The Morgan fingerprint density at radius 1 is 1.28 bits per heavy atom. The molecule has 0 unspecified atom stereocenters. The van der Waals surface area contributed by atoms with Crippen molar-refractivity contribution in [3.8, 4) is 17.3 Å². The van der Waals surface area contributed by atoms with Crippen molar-refractivity contribution in [1.29, 1.82) is 10.7 Å². The van der Waals surface area contributed by atoms with E-state index in [0.29, 0.717) is 17.5 Å². The number of nitrogens with one attached hydrogen (secondary N) is 3. The summed E-state index contributed by atoms with van der Waals surface area (Å²) >= 11 is 0. The lowest BCUT2D eigenvalue weighted by atomic mass is 9.76. The highest BCUT2D eigenvalue weighted by atomic mass is 15.1. The summed E-state index contributed by atoms with van der Waals surface area (Å²) in [6.07, 6.45) is 4.59. The Bertz CT molecular complexity index is 1100. The van der Waals surface area contributed by atoms with E-state index in [2.05, 4.69) is 41.5 Å². The normalized spacial score (nSPS) is 14.7. The molecule has 0 atom stereocenters. The number of aromatic amines is 1. The van der Waals surface area contributed by atoms with Gasteiger partial charge in [-0.05, 0) is 54.5 Å². The number of hydrogen-bond acceptors (Lipinski definition) is 4. The van der Waals surface area contributed by atoms with Gasteiger partial charge in [0.2, 0.25) is 0 Å². The molecule has 3 N–H and O–H groups in total. The molecular formula is C24H25N5. The van der Waals surface area contributed by atoms with E-state index in [4.69, 9.17) is 10.7 Å². The van der Waals surface area contributed by atoms with E-state index >= 15 is 0 Å². The van der Waals surface area contributed by atoms with Gasteiger partial charge in [0, 0.05) is 40.8 Å². The number of aromatic nitrogens is 2. The van der Waals surface area contributed by atoms with Gasteiger partial charge < -0.3 is 10.7 Å². The van der Waals surface area contributed by atoms with Crippen LogP contribution in [0.1, 0.15) is 48.2 Å². The van der Waals surface area contributed by atoms with Crippen molar-refractivity contribution in [3.05, 3.63) is 70.4 Å². The van der Waals surface area contributed by atoms with Gasteiger partial charge in [0.1, 0.15) is 0 Å². The van der Waals surface area contributed by atoms with Gasteiger partial charge in [0.15, 0.2) is 0 Å². The molecule has 0 radical (unpaired) electrons. The molecule has 4 rings (SSSR count). The van der Waals surface area contributed by atoms with Gasteiger partial charge in [0.05, 0.1) is 17.3 Å². The molecule has 0 fully saturated rings. The number of nitriles is 1. The Labute approximate surface area is 171 Å². The number of anilines is 1. The van der Waals surface area contributed by atoms with E-state index in [1.807, 2.05) is 30.3 Å². The van der Waals surface area contributed by atoms with Gasteiger partial charge >= 0.3 is 0 Å². The van der Waals surface area contributed by atoms with Crippen LogP contribution < -0.4 is 5.32 Å². The maximum absolute atomic E-state index is 9.05. The van der Waals surface area contributed by atoms with Gasteiger partial charge in [0.25, 0.3) is 0 Å². The average molecular weight is 383 g/mol. The molecule has 1 aromatic heterocycles. The minimum atomic E-state index is 0.313. The number of fused-ring (bicyclic) bond motifs is 1. The van der Waals surface area contributed by atoms with Crippen LogP contribution in [-0.4, -0.2) is 16.4 Å². The molecule has 1 aliphatic carbocycles. The van der Waals surface area contributed by atoms with Gasteiger partial charge in [-0.1, -0.05) is 32.0 Å². The van der Waals surface area contributed by atoms with E-state index in [1.165, 1.54) is 17.5 Å². The molecule has 0 amide bonds. The lowest BCUT2D eigenvalue weighted by Crippen LogP contribution is -2.21. The van der Waals surface area contributed by atoms with Crippen molar-refractivity contribution in [1.82, 2.24) is 10.2 Å². The molecule has 0 saturated carbocycles. The van der Waals surface area contributed by atoms with Gasteiger partial charge in [-0.25, -0.2) is 0 Å². The van der Waals surface area contributed by atoms with Crippen LogP contribution in [0.15, 0.2) is 42.5 Å². The fourth-order valence-electron chi connectivity index (χ4n) is 4.02. The highest BCUT2D eigenvalue weighted by Gasteiger charge is 2.29. The smallest absolute Gasteiger partial charge is 0.0991 e. The number of hydrogen-bond donors (Lipinski definition) is 3. The van der Waals surface area contributed by atoms with Crippen LogP contribution in [0.5, 0.6) is 0 Å². The molecule has 29 heavy (non-hydrogen) atoms. The molecule has 0 bridgehead atoms. The fraction of sp³-hybridized carbons (Fsp3) is 0.292. The Hall–Kier alpha value is -3.39. The third kappa shape index (κ3) is 3.93. The van der Waals surface area contributed by atoms with Gasteiger partial charge in [-0.2, -0.15) is 10.4 Å². The summed E-state index contributed by atoms with van der Waals surface area (Å²) in [4.78, 5) is 0. The first-order chi connectivity index (χ1) is 14.0. The van der Waals surface area contributed by atoms with Crippen molar-refractivity contribution in [2.24, 2.45) is 5.41 Å². The monoisotopic (exact) mass is 383 g/mol. The second kappa shape index (κ2) is 7.56. The molecule has 5 nitrogen and oxygen atoms in total. The van der Waals surface area contributed by atoms with E-state index in [9.17, 15) is 0 Å². The van der Waals surface area contributed by atoms with Crippen LogP contribution in [0.2, 0.25) is 0 Å². The van der Waals surface area contributed by atoms with Gasteiger partial charge in [-0.15, -0.1) is 0 Å². The first-order valence-electron chi connectivity index (χ1n) is 9.93. The first-order valence-corrected chi connectivity index (χ1v) is 9.93. The van der Waals surface area contributed by atoms with Crippen molar-refractivity contribution in [2.75, 3.05) is 5.32 Å². The zero-order chi connectivity index (χ0) is 20.4. The lowest BCUT2D eigenvalue weighted by Gasteiger charge is -2.29.